The van der Waals surface area contributed by atoms with E-state index in [4.69, 9.17) is 10.2 Å². The van der Waals surface area contributed by atoms with E-state index in [1.807, 2.05) is 12.1 Å². The van der Waals surface area contributed by atoms with Crippen LogP contribution in [0, 0.1) is 5.92 Å². The van der Waals surface area contributed by atoms with Gasteiger partial charge in [-0.15, -0.1) is 0 Å². The molecule has 6 nitrogen and oxygen atoms in total. The van der Waals surface area contributed by atoms with E-state index in [0.717, 1.165) is 19.5 Å². The number of benzene rings is 1. The summed E-state index contributed by atoms with van der Waals surface area (Å²) in [6.45, 7) is 11.4. The minimum atomic E-state index is -1.08. The first-order valence-electron chi connectivity index (χ1n) is 10.2. The predicted octanol–water partition coefficient (Wildman–Crippen LogP) is 3.82. The van der Waals surface area contributed by atoms with Crippen molar-refractivity contribution in [3.05, 3.63) is 41.0 Å². The first-order chi connectivity index (χ1) is 13.5. The maximum Gasteiger partial charge on any atom is 0.303 e. The second-order valence-corrected chi connectivity index (χ2v) is 8.63. The van der Waals surface area contributed by atoms with Crippen molar-refractivity contribution >= 4 is 11.9 Å². The van der Waals surface area contributed by atoms with Crippen molar-refractivity contribution in [2.24, 2.45) is 5.92 Å². The van der Waals surface area contributed by atoms with E-state index in [2.05, 4.69) is 44.7 Å². The first-order valence-corrected chi connectivity index (χ1v) is 10.2. The van der Waals surface area contributed by atoms with Gasteiger partial charge in [0.25, 0.3) is 0 Å². The van der Waals surface area contributed by atoms with Crippen molar-refractivity contribution in [1.29, 1.82) is 0 Å². The maximum atomic E-state index is 9.87. The lowest BCUT2D eigenvalue weighted by atomic mass is 9.59. The highest BCUT2D eigenvalue weighted by Gasteiger charge is 2.48. The number of hydrogen-bond donors (Lipinski definition) is 3. The average Bonchev–Trinajstić information content (AvgIpc) is 2.63. The van der Waals surface area contributed by atoms with Gasteiger partial charge in [-0.3, -0.25) is 14.5 Å². The molecule has 0 unspecified atom stereocenters. The van der Waals surface area contributed by atoms with Gasteiger partial charge in [0.2, 0.25) is 0 Å². The third-order valence-corrected chi connectivity index (χ3v) is 6.39. The van der Waals surface area contributed by atoms with E-state index >= 15 is 0 Å². The molecule has 0 spiro atoms. The van der Waals surface area contributed by atoms with Gasteiger partial charge in [-0.1, -0.05) is 31.6 Å². The van der Waals surface area contributed by atoms with Crippen LogP contribution in [0.15, 0.2) is 29.8 Å². The number of carboxylic acid groups (broad SMARTS) is 2. The van der Waals surface area contributed by atoms with Crippen LogP contribution in [0.4, 0.5) is 0 Å². The van der Waals surface area contributed by atoms with Crippen LogP contribution in [0.5, 0.6) is 5.75 Å². The minimum absolute atomic E-state index is 0.207. The monoisotopic (exact) mass is 403 g/mol. The van der Waals surface area contributed by atoms with Gasteiger partial charge in [-0.25, -0.2) is 0 Å². The molecule has 3 rings (SSSR count). The lowest BCUT2D eigenvalue weighted by Gasteiger charge is -2.54. The van der Waals surface area contributed by atoms with Gasteiger partial charge < -0.3 is 15.3 Å². The van der Waals surface area contributed by atoms with E-state index in [-0.39, 0.29) is 18.3 Å². The van der Waals surface area contributed by atoms with Crippen molar-refractivity contribution in [2.75, 3.05) is 13.1 Å². The maximum absolute atomic E-state index is 9.87. The van der Waals surface area contributed by atoms with Crippen LogP contribution in [0.2, 0.25) is 0 Å². The Bertz CT molecular complexity index is 769. The number of phenolic OH excluding ortho intramolecular Hbond substituents is 1. The summed E-state index contributed by atoms with van der Waals surface area (Å²) in [6, 6.07) is 6.60. The molecule has 1 aliphatic heterocycles. The number of fused-ring (bicyclic) bond motifs is 4. The van der Waals surface area contributed by atoms with Crippen molar-refractivity contribution in [3.63, 3.8) is 0 Å². The highest BCUT2D eigenvalue weighted by molar-refractivity contribution is 5.75. The fourth-order valence-corrected chi connectivity index (χ4v) is 4.44. The number of carboxylic acids is 2. The van der Waals surface area contributed by atoms with Gasteiger partial charge in [-0.2, -0.15) is 0 Å². The first kappa shape index (κ1) is 22.9. The summed E-state index contributed by atoms with van der Waals surface area (Å²) >= 11 is 0. The number of likely N-dealkylation sites (tertiary alicyclic amines) is 1. The Morgan fingerprint density at radius 1 is 1.21 bits per heavy atom. The molecule has 1 aromatic rings. The van der Waals surface area contributed by atoms with Crippen molar-refractivity contribution in [1.82, 2.24) is 4.90 Å². The molecule has 0 radical (unpaired) electrons. The Labute approximate surface area is 172 Å². The molecule has 29 heavy (non-hydrogen) atoms. The highest BCUT2D eigenvalue weighted by Crippen LogP contribution is 2.49. The number of hydrogen-bond acceptors (Lipinski definition) is 4. The molecule has 6 heteroatoms. The zero-order valence-electron chi connectivity index (χ0n) is 17.8. The van der Waals surface area contributed by atoms with Gasteiger partial charge >= 0.3 is 11.9 Å². The molecule has 1 aliphatic carbocycles. The lowest BCUT2D eigenvalue weighted by molar-refractivity contribution is -0.143. The summed E-state index contributed by atoms with van der Waals surface area (Å²) in [7, 11) is 0. The molecule has 1 heterocycles. The average molecular weight is 404 g/mol. The van der Waals surface area contributed by atoms with Crippen LogP contribution in [-0.2, 0) is 21.4 Å². The summed E-state index contributed by atoms with van der Waals surface area (Å²) in [5.74, 6) is -1.11. The summed E-state index contributed by atoms with van der Waals surface area (Å²) in [5, 5.41) is 25.7. The number of rotatable bonds is 5. The van der Waals surface area contributed by atoms with Crippen molar-refractivity contribution in [3.8, 4) is 5.75 Å². The van der Waals surface area contributed by atoms with Crippen LogP contribution in [0.3, 0.4) is 0 Å². The third-order valence-electron chi connectivity index (χ3n) is 6.39. The molecule has 1 aromatic carbocycles. The Hall–Kier alpha value is -2.34. The Morgan fingerprint density at radius 3 is 2.38 bits per heavy atom. The van der Waals surface area contributed by atoms with Crippen LogP contribution < -0.4 is 0 Å². The molecular formula is C23H33NO5. The zero-order valence-corrected chi connectivity index (χ0v) is 17.8. The molecule has 0 amide bonds. The summed E-state index contributed by atoms with van der Waals surface area (Å²) in [4.78, 5) is 21.9. The van der Waals surface area contributed by atoms with E-state index in [1.165, 1.54) is 23.1 Å². The Morgan fingerprint density at radius 2 is 1.83 bits per heavy atom. The van der Waals surface area contributed by atoms with Gasteiger partial charge in [0, 0.05) is 12.6 Å². The predicted molar refractivity (Wildman–Crippen MR) is 112 cm³/mol. The molecular weight excluding hydrogens is 370 g/mol. The fraction of sp³-hybridized carbons (Fsp3) is 0.565. The standard InChI is InChI=1S/C19H27NO.C4H6O4/c1-13(2)7-9-20-10-8-19(4)14(3)18(20)11-15-5-6-16(21)12-17(15)19;5-3(6)1-2-4(7)8/h5-7,12,14,18,21H,8-11H2,1-4H3;1-2H2,(H,5,6)(H,7,8)/t14-,18+,19+;/m0./s1. The number of aromatic hydroxyl groups is 1. The highest BCUT2D eigenvalue weighted by atomic mass is 16.4. The summed E-state index contributed by atoms with van der Waals surface area (Å²) in [5.41, 5.74) is 4.42. The number of aliphatic carboxylic acids is 2. The molecule has 1 fully saturated rings. The number of allylic oxidation sites excluding steroid dienone is 1. The second kappa shape index (κ2) is 9.44. The quantitative estimate of drug-likeness (QED) is 0.647. The molecule has 0 saturated carbocycles. The SMILES string of the molecule is CC(C)=CCN1CC[C@@]2(C)c3cc(O)ccc3C[C@@H]1[C@@H]2C.O=C(O)CCC(=O)O. The molecule has 2 aliphatic rings. The second-order valence-electron chi connectivity index (χ2n) is 8.63. The summed E-state index contributed by atoms with van der Waals surface area (Å²) < 4.78 is 0. The van der Waals surface area contributed by atoms with E-state index in [9.17, 15) is 14.7 Å². The summed E-state index contributed by atoms with van der Waals surface area (Å²) in [6.07, 6.45) is 4.05. The van der Waals surface area contributed by atoms with Gasteiger partial charge in [0.05, 0.1) is 12.8 Å². The molecule has 3 N–H and O–H groups in total. The largest absolute Gasteiger partial charge is 0.508 e. The number of carbonyl (C=O) groups is 2. The van der Waals surface area contributed by atoms with Gasteiger partial charge in [-0.05, 0) is 67.8 Å². The lowest BCUT2D eigenvalue weighted by Crippen LogP contribution is -2.57. The fourth-order valence-electron chi connectivity index (χ4n) is 4.44. The number of nitrogens with zero attached hydrogens (tertiary/aromatic N) is 1. The zero-order chi connectivity index (χ0) is 21.8. The third kappa shape index (κ3) is 5.60. The van der Waals surface area contributed by atoms with E-state index in [1.54, 1.807) is 0 Å². The number of phenols is 1. The minimum Gasteiger partial charge on any atom is -0.508 e. The van der Waals surface area contributed by atoms with Crippen LogP contribution in [0.1, 0.15) is 58.1 Å². The van der Waals surface area contributed by atoms with E-state index < -0.39 is 11.9 Å². The topological polar surface area (TPSA) is 98.1 Å². The van der Waals surface area contributed by atoms with Gasteiger partial charge in [0.15, 0.2) is 0 Å². The van der Waals surface area contributed by atoms with Crippen molar-refractivity contribution < 1.29 is 24.9 Å². The van der Waals surface area contributed by atoms with E-state index in [0.29, 0.717) is 17.7 Å². The molecule has 3 atom stereocenters. The molecule has 160 valence electrons. The number of piperidine rings is 1. The Balaban J connectivity index is 0.000000321. The Kier molecular flexibility index (Phi) is 7.47. The van der Waals surface area contributed by atoms with Crippen molar-refractivity contribution in [2.45, 2.75) is 64.8 Å². The van der Waals surface area contributed by atoms with Crippen LogP contribution in [-0.4, -0.2) is 51.3 Å². The normalized spacial score (nSPS) is 25.2. The molecule has 1 saturated heterocycles. The van der Waals surface area contributed by atoms with Crippen LogP contribution >= 0.6 is 0 Å². The molecule has 2 bridgehead atoms. The smallest absolute Gasteiger partial charge is 0.303 e. The van der Waals surface area contributed by atoms with Gasteiger partial charge in [0.1, 0.15) is 5.75 Å². The van der Waals surface area contributed by atoms with Crippen LogP contribution in [0.25, 0.3) is 0 Å². The molecule has 0 aromatic heterocycles.